The highest BCUT2D eigenvalue weighted by Crippen LogP contribution is 2.33. The monoisotopic (exact) mass is 221 g/mol. The van der Waals surface area contributed by atoms with E-state index in [0.717, 1.165) is 5.82 Å². The molecular formula is C13H23N3. The Morgan fingerprint density at radius 2 is 2.06 bits per heavy atom. The fourth-order valence-corrected chi connectivity index (χ4v) is 2.62. The van der Waals surface area contributed by atoms with Crippen LogP contribution in [0.3, 0.4) is 0 Å². The SMILES string of the molecule is Cc1[nH]c(C(C)CN)nc1C1CCCCC1. The first-order valence-corrected chi connectivity index (χ1v) is 6.48. The van der Waals surface area contributed by atoms with E-state index in [1.165, 1.54) is 43.5 Å². The summed E-state index contributed by atoms with van der Waals surface area (Å²) >= 11 is 0. The van der Waals surface area contributed by atoms with Gasteiger partial charge in [-0.05, 0) is 19.8 Å². The number of nitrogens with two attached hydrogens (primary N) is 1. The molecule has 3 nitrogen and oxygen atoms in total. The molecule has 0 radical (unpaired) electrons. The van der Waals surface area contributed by atoms with Crippen molar-refractivity contribution in [3.8, 4) is 0 Å². The van der Waals surface area contributed by atoms with E-state index in [9.17, 15) is 0 Å². The first-order chi connectivity index (χ1) is 7.72. The van der Waals surface area contributed by atoms with E-state index in [4.69, 9.17) is 10.7 Å². The third-order valence-electron chi connectivity index (χ3n) is 3.75. The van der Waals surface area contributed by atoms with Crippen LogP contribution in [0.15, 0.2) is 0 Å². The molecule has 0 aliphatic heterocycles. The summed E-state index contributed by atoms with van der Waals surface area (Å²) in [4.78, 5) is 8.17. The molecule has 1 fully saturated rings. The number of aromatic amines is 1. The summed E-state index contributed by atoms with van der Waals surface area (Å²) in [6, 6.07) is 0. The summed E-state index contributed by atoms with van der Waals surface area (Å²) in [6.07, 6.45) is 6.73. The second-order valence-corrected chi connectivity index (χ2v) is 5.10. The molecule has 0 amide bonds. The smallest absolute Gasteiger partial charge is 0.110 e. The van der Waals surface area contributed by atoms with Crippen molar-refractivity contribution in [1.82, 2.24) is 9.97 Å². The number of H-pyrrole nitrogens is 1. The van der Waals surface area contributed by atoms with Gasteiger partial charge >= 0.3 is 0 Å². The van der Waals surface area contributed by atoms with E-state index >= 15 is 0 Å². The van der Waals surface area contributed by atoms with Crippen LogP contribution in [-0.4, -0.2) is 16.5 Å². The molecule has 3 heteroatoms. The number of hydrogen-bond acceptors (Lipinski definition) is 2. The van der Waals surface area contributed by atoms with Crippen LogP contribution in [0.5, 0.6) is 0 Å². The zero-order chi connectivity index (χ0) is 11.5. The zero-order valence-corrected chi connectivity index (χ0v) is 10.4. The molecule has 1 aromatic heterocycles. The summed E-state index contributed by atoms with van der Waals surface area (Å²) < 4.78 is 0. The minimum atomic E-state index is 0.344. The summed E-state index contributed by atoms with van der Waals surface area (Å²) in [5.74, 6) is 2.10. The van der Waals surface area contributed by atoms with Gasteiger partial charge in [-0.2, -0.15) is 0 Å². The summed E-state index contributed by atoms with van der Waals surface area (Å²) in [5, 5.41) is 0. The van der Waals surface area contributed by atoms with E-state index in [1.807, 2.05) is 0 Å². The largest absolute Gasteiger partial charge is 0.346 e. The molecule has 1 unspecified atom stereocenters. The molecule has 0 bridgehead atoms. The van der Waals surface area contributed by atoms with Crippen molar-refractivity contribution < 1.29 is 0 Å². The van der Waals surface area contributed by atoms with Crippen LogP contribution < -0.4 is 5.73 Å². The first-order valence-electron chi connectivity index (χ1n) is 6.48. The third kappa shape index (κ3) is 2.29. The van der Waals surface area contributed by atoms with Crippen LogP contribution in [0, 0.1) is 6.92 Å². The number of aryl methyl sites for hydroxylation is 1. The number of hydrogen-bond donors (Lipinski definition) is 2. The van der Waals surface area contributed by atoms with E-state index in [1.54, 1.807) is 0 Å². The van der Waals surface area contributed by atoms with Gasteiger partial charge in [0.15, 0.2) is 0 Å². The van der Waals surface area contributed by atoms with Crippen molar-refractivity contribution in [2.24, 2.45) is 5.73 Å². The lowest BCUT2D eigenvalue weighted by Crippen LogP contribution is -2.11. The van der Waals surface area contributed by atoms with E-state index < -0.39 is 0 Å². The third-order valence-corrected chi connectivity index (χ3v) is 3.75. The standard InChI is InChI=1S/C13H23N3/c1-9(8-14)13-15-10(2)12(16-13)11-6-4-3-5-7-11/h9,11H,3-8,14H2,1-2H3,(H,15,16). The maximum absolute atomic E-state index is 5.68. The molecule has 0 saturated heterocycles. The van der Waals surface area contributed by atoms with Crippen molar-refractivity contribution in [1.29, 1.82) is 0 Å². The van der Waals surface area contributed by atoms with Crippen molar-refractivity contribution in [3.63, 3.8) is 0 Å². The Labute approximate surface area is 97.8 Å². The van der Waals surface area contributed by atoms with Crippen LogP contribution in [0.2, 0.25) is 0 Å². The second-order valence-electron chi connectivity index (χ2n) is 5.10. The molecular weight excluding hydrogens is 198 g/mol. The lowest BCUT2D eigenvalue weighted by Gasteiger charge is -2.20. The van der Waals surface area contributed by atoms with Gasteiger partial charge in [-0.1, -0.05) is 26.2 Å². The number of nitrogens with one attached hydrogen (secondary N) is 1. The first kappa shape index (κ1) is 11.6. The van der Waals surface area contributed by atoms with E-state index in [-0.39, 0.29) is 0 Å². The highest BCUT2D eigenvalue weighted by atomic mass is 14.9. The fourth-order valence-electron chi connectivity index (χ4n) is 2.62. The second kappa shape index (κ2) is 5.00. The van der Waals surface area contributed by atoms with Crippen LogP contribution in [0.4, 0.5) is 0 Å². The normalized spacial score (nSPS) is 19.9. The minimum absolute atomic E-state index is 0.344. The molecule has 2 rings (SSSR count). The molecule has 1 aliphatic rings. The maximum Gasteiger partial charge on any atom is 0.110 e. The van der Waals surface area contributed by atoms with Crippen molar-refractivity contribution in [2.45, 2.75) is 57.8 Å². The van der Waals surface area contributed by atoms with Gasteiger partial charge in [0.1, 0.15) is 5.82 Å². The van der Waals surface area contributed by atoms with Gasteiger partial charge in [0, 0.05) is 24.1 Å². The zero-order valence-electron chi connectivity index (χ0n) is 10.4. The van der Waals surface area contributed by atoms with Gasteiger partial charge in [0.2, 0.25) is 0 Å². The molecule has 1 heterocycles. The molecule has 16 heavy (non-hydrogen) atoms. The average molecular weight is 221 g/mol. The molecule has 1 aromatic rings. The highest BCUT2D eigenvalue weighted by Gasteiger charge is 2.21. The molecule has 1 saturated carbocycles. The predicted molar refractivity (Wildman–Crippen MR) is 66.6 cm³/mol. The Morgan fingerprint density at radius 1 is 1.38 bits per heavy atom. The number of aromatic nitrogens is 2. The molecule has 90 valence electrons. The number of rotatable bonds is 3. The van der Waals surface area contributed by atoms with Gasteiger partial charge in [-0.25, -0.2) is 4.98 Å². The molecule has 1 aliphatic carbocycles. The molecule has 3 N–H and O–H groups in total. The van der Waals surface area contributed by atoms with Gasteiger partial charge in [-0.15, -0.1) is 0 Å². The highest BCUT2D eigenvalue weighted by molar-refractivity contribution is 5.19. The summed E-state index contributed by atoms with van der Waals surface area (Å²) in [7, 11) is 0. The Balaban J connectivity index is 2.17. The quantitative estimate of drug-likeness (QED) is 0.824. The van der Waals surface area contributed by atoms with Gasteiger partial charge in [-0.3, -0.25) is 0 Å². The van der Waals surface area contributed by atoms with Crippen molar-refractivity contribution in [3.05, 3.63) is 17.2 Å². The Bertz CT molecular complexity index is 337. The van der Waals surface area contributed by atoms with Crippen LogP contribution in [0.1, 0.15) is 68.1 Å². The minimum Gasteiger partial charge on any atom is -0.346 e. The summed E-state index contributed by atoms with van der Waals surface area (Å²) in [5.41, 5.74) is 8.23. The molecule has 0 spiro atoms. The van der Waals surface area contributed by atoms with E-state index in [0.29, 0.717) is 18.4 Å². The Kier molecular flexibility index (Phi) is 3.64. The van der Waals surface area contributed by atoms with Gasteiger partial charge in [0.05, 0.1) is 5.69 Å². The Morgan fingerprint density at radius 3 is 2.69 bits per heavy atom. The topological polar surface area (TPSA) is 54.7 Å². The fraction of sp³-hybridized carbons (Fsp3) is 0.769. The lowest BCUT2D eigenvalue weighted by molar-refractivity contribution is 0.436. The van der Waals surface area contributed by atoms with Gasteiger partial charge < -0.3 is 10.7 Å². The number of nitrogens with zero attached hydrogens (tertiary/aromatic N) is 1. The van der Waals surface area contributed by atoms with Crippen LogP contribution in [-0.2, 0) is 0 Å². The van der Waals surface area contributed by atoms with Crippen molar-refractivity contribution >= 4 is 0 Å². The number of imidazole rings is 1. The Hall–Kier alpha value is -0.830. The molecule has 0 aromatic carbocycles. The average Bonchev–Trinajstić information content (AvgIpc) is 2.71. The van der Waals surface area contributed by atoms with Crippen LogP contribution in [0.25, 0.3) is 0 Å². The van der Waals surface area contributed by atoms with E-state index in [2.05, 4.69) is 18.8 Å². The predicted octanol–water partition coefficient (Wildman–Crippen LogP) is 2.83. The van der Waals surface area contributed by atoms with Gasteiger partial charge in [0.25, 0.3) is 0 Å². The molecule has 1 atom stereocenters. The summed E-state index contributed by atoms with van der Waals surface area (Å²) in [6.45, 7) is 4.93. The maximum atomic E-state index is 5.68. The van der Waals surface area contributed by atoms with Crippen molar-refractivity contribution in [2.75, 3.05) is 6.54 Å². The lowest BCUT2D eigenvalue weighted by atomic mass is 9.86. The van der Waals surface area contributed by atoms with Crippen LogP contribution >= 0.6 is 0 Å².